The Morgan fingerprint density at radius 1 is 1.29 bits per heavy atom. The number of oxazole rings is 1. The third kappa shape index (κ3) is 2.31. The van der Waals surface area contributed by atoms with E-state index in [-0.39, 0.29) is 0 Å². The zero-order chi connectivity index (χ0) is 11.5. The minimum Gasteiger partial charge on any atom is -0.444 e. The molecule has 1 aromatic carbocycles. The number of aromatic nitrogens is 1. The Morgan fingerprint density at radius 2 is 2.18 bits per heavy atom. The molecule has 2 heterocycles. The zero-order valence-corrected chi connectivity index (χ0v) is 9.52. The number of anilines is 1. The van der Waals surface area contributed by atoms with Crippen LogP contribution in [0.1, 0.15) is 6.42 Å². The molecule has 1 atom stereocenters. The summed E-state index contributed by atoms with van der Waals surface area (Å²) >= 11 is 0. The number of rotatable bonds is 3. The molecule has 4 nitrogen and oxygen atoms in total. The Balaban J connectivity index is 1.71. The minimum absolute atomic E-state index is 0.547. The van der Waals surface area contributed by atoms with Gasteiger partial charge in [0.25, 0.3) is 0 Å². The van der Waals surface area contributed by atoms with Gasteiger partial charge in [0, 0.05) is 23.8 Å². The summed E-state index contributed by atoms with van der Waals surface area (Å²) in [4.78, 5) is 3.91. The van der Waals surface area contributed by atoms with Gasteiger partial charge in [0.1, 0.15) is 0 Å². The molecule has 17 heavy (non-hydrogen) atoms. The van der Waals surface area contributed by atoms with E-state index in [0.717, 1.165) is 30.1 Å². The number of nitrogens with zero attached hydrogens (tertiary/aromatic N) is 1. The summed E-state index contributed by atoms with van der Waals surface area (Å²) in [6, 6.07) is 8.80. The van der Waals surface area contributed by atoms with Crippen LogP contribution >= 0.6 is 0 Å². The van der Waals surface area contributed by atoms with Crippen molar-refractivity contribution in [3.05, 3.63) is 36.9 Å². The van der Waals surface area contributed by atoms with E-state index in [1.54, 1.807) is 6.20 Å². The summed E-state index contributed by atoms with van der Waals surface area (Å²) in [5.74, 6) is 0.805. The Hall–Kier alpha value is -1.81. The first-order valence-electron chi connectivity index (χ1n) is 5.88. The number of hydrogen-bond donors (Lipinski definition) is 2. The quantitative estimate of drug-likeness (QED) is 0.846. The monoisotopic (exact) mass is 229 g/mol. The molecule has 0 spiro atoms. The molecule has 1 aliphatic rings. The van der Waals surface area contributed by atoms with Gasteiger partial charge in [0.05, 0.1) is 6.20 Å². The van der Waals surface area contributed by atoms with E-state index >= 15 is 0 Å². The first-order chi connectivity index (χ1) is 8.42. The van der Waals surface area contributed by atoms with Gasteiger partial charge < -0.3 is 15.1 Å². The van der Waals surface area contributed by atoms with Gasteiger partial charge in [-0.25, -0.2) is 4.98 Å². The van der Waals surface area contributed by atoms with Crippen LogP contribution in [0.4, 0.5) is 5.69 Å². The van der Waals surface area contributed by atoms with Crippen LogP contribution in [0, 0.1) is 0 Å². The molecule has 2 aromatic rings. The minimum atomic E-state index is 0.547. The number of hydrogen-bond acceptors (Lipinski definition) is 4. The summed E-state index contributed by atoms with van der Waals surface area (Å²) in [7, 11) is 0. The van der Waals surface area contributed by atoms with Crippen LogP contribution in [-0.2, 0) is 0 Å². The highest BCUT2D eigenvalue weighted by atomic mass is 16.3. The van der Waals surface area contributed by atoms with Crippen LogP contribution in [0.15, 0.2) is 41.3 Å². The van der Waals surface area contributed by atoms with E-state index < -0.39 is 0 Å². The van der Waals surface area contributed by atoms with Crippen molar-refractivity contribution in [1.82, 2.24) is 10.3 Å². The van der Waals surface area contributed by atoms with Gasteiger partial charge >= 0.3 is 0 Å². The second kappa shape index (κ2) is 4.59. The van der Waals surface area contributed by atoms with E-state index in [0.29, 0.717) is 6.04 Å². The Labute approximate surface area is 100 Å². The third-order valence-electron chi connectivity index (χ3n) is 3.03. The summed E-state index contributed by atoms with van der Waals surface area (Å²) in [6.07, 6.45) is 4.36. The molecule has 2 N–H and O–H groups in total. The maximum absolute atomic E-state index is 5.25. The topological polar surface area (TPSA) is 50.1 Å². The lowest BCUT2D eigenvalue weighted by molar-refractivity contribution is 0.572. The predicted octanol–water partition coefficient (Wildman–Crippen LogP) is 2.12. The highest BCUT2D eigenvalue weighted by Gasteiger charge is 2.13. The molecule has 1 fully saturated rings. The summed E-state index contributed by atoms with van der Waals surface area (Å²) < 4.78 is 5.25. The van der Waals surface area contributed by atoms with Crippen LogP contribution in [0.25, 0.3) is 11.3 Å². The molecule has 1 unspecified atom stereocenters. The van der Waals surface area contributed by atoms with E-state index in [1.165, 1.54) is 12.8 Å². The van der Waals surface area contributed by atoms with Crippen LogP contribution in [-0.4, -0.2) is 24.1 Å². The van der Waals surface area contributed by atoms with E-state index in [2.05, 4.69) is 27.8 Å². The van der Waals surface area contributed by atoms with Crippen molar-refractivity contribution in [3.63, 3.8) is 0 Å². The lowest BCUT2D eigenvalue weighted by Crippen LogP contribution is -2.21. The van der Waals surface area contributed by atoms with Gasteiger partial charge in [-0.1, -0.05) is 0 Å². The fourth-order valence-electron chi connectivity index (χ4n) is 2.10. The highest BCUT2D eigenvalue weighted by molar-refractivity contribution is 5.60. The van der Waals surface area contributed by atoms with Crippen LogP contribution < -0.4 is 10.6 Å². The van der Waals surface area contributed by atoms with Crippen LogP contribution in [0.2, 0.25) is 0 Å². The summed E-state index contributed by atoms with van der Waals surface area (Å²) in [5, 5.41) is 6.85. The molecule has 1 aliphatic heterocycles. The van der Waals surface area contributed by atoms with Crippen LogP contribution in [0.5, 0.6) is 0 Å². The van der Waals surface area contributed by atoms with Crippen molar-refractivity contribution >= 4 is 5.69 Å². The van der Waals surface area contributed by atoms with Crippen molar-refractivity contribution in [1.29, 1.82) is 0 Å². The molecule has 1 aromatic heterocycles. The molecule has 0 aliphatic carbocycles. The molecule has 0 saturated carbocycles. The molecule has 0 radical (unpaired) electrons. The Kier molecular flexibility index (Phi) is 2.80. The average molecular weight is 229 g/mol. The van der Waals surface area contributed by atoms with E-state index in [9.17, 15) is 0 Å². The SMILES string of the molecule is c1ncc(-c2ccc(NC3CCNC3)cc2)o1. The zero-order valence-electron chi connectivity index (χ0n) is 9.52. The molecule has 1 saturated heterocycles. The predicted molar refractivity (Wildman–Crippen MR) is 66.8 cm³/mol. The van der Waals surface area contributed by atoms with Gasteiger partial charge in [-0.2, -0.15) is 0 Å². The lowest BCUT2D eigenvalue weighted by Gasteiger charge is -2.12. The van der Waals surface area contributed by atoms with Crippen molar-refractivity contribution in [2.45, 2.75) is 12.5 Å². The van der Waals surface area contributed by atoms with Gasteiger partial charge in [-0.15, -0.1) is 0 Å². The number of nitrogens with one attached hydrogen (secondary N) is 2. The second-order valence-corrected chi connectivity index (χ2v) is 4.28. The van der Waals surface area contributed by atoms with Gasteiger partial charge in [0.15, 0.2) is 12.2 Å². The normalized spacial score (nSPS) is 19.4. The third-order valence-corrected chi connectivity index (χ3v) is 3.03. The summed E-state index contributed by atoms with van der Waals surface area (Å²) in [5.41, 5.74) is 2.21. The maximum Gasteiger partial charge on any atom is 0.181 e. The fraction of sp³-hybridized carbons (Fsp3) is 0.308. The largest absolute Gasteiger partial charge is 0.444 e. The van der Waals surface area contributed by atoms with Gasteiger partial charge in [-0.05, 0) is 37.2 Å². The maximum atomic E-state index is 5.25. The number of benzene rings is 1. The van der Waals surface area contributed by atoms with Gasteiger partial charge in [-0.3, -0.25) is 0 Å². The van der Waals surface area contributed by atoms with E-state index in [1.807, 2.05) is 12.1 Å². The summed E-state index contributed by atoms with van der Waals surface area (Å²) in [6.45, 7) is 2.15. The van der Waals surface area contributed by atoms with Crippen molar-refractivity contribution in [2.24, 2.45) is 0 Å². The molecular weight excluding hydrogens is 214 g/mol. The Morgan fingerprint density at radius 3 is 2.82 bits per heavy atom. The lowest BCUT2D eigenvalue weighted by atomic mass is 10.1. The highest BCUT2D eigenvalue weighted by Crippen LogP contribution is 2.21. The smallest absolute Gasteiger partial charge is 0.181 e. The second-order valence-electron chi connectivity index (χ2n) is 4.28. The van der Waals surface area contributed by atoms with Crippen LogP contribution in [0.3, 0.4) is 0 Å². The molecule has 0 amide bonds. The first kappa shape index (κ1) is 10.4. The van der Waals surface area contributed by atoms with Crippen molar-refractivity contribution in [3.8, 4) is 11.3 Å². The average Bonchev–Trinajstić information content (AvgIpc) is 3.01. The molecule has 3 rings (SSSR count). The van der Waals surface area contributed by atoms with Crippen molar-refractivity contribution < 1.29 is 4.42 Å². The fourth-order valence-corrected chi connectivity index (χ4v) is 2.10. The van der Waals surface area contributed by atoms with Crippen molar-refractivity contribution in [2.75, 3.05) is 18.4 Å². The first-order valence-corrected chi connectivity index (χ1v) is 5.88. The molecular formula is C13H15N3O. The molecule has 88 valence electrons. The Bertz CT molecular complexity index is 458. The molecule has 4 heteroatoms. The molecule has 0 bridgehead atoms. The van der Waals surface area contributed by atoms with Gasteiger partial charge in [0.2, 0.25) is 0 Å². The standard InChI is InChI=1S/C13H15N3O/c1-3-11(16-12-5-6-14-7-12)4-2-10(1)13-8-15-9-17-13/h1-4,8-9,12,14,16H,5-7H2. The van der Waals surface area contributed by atoms with E-state index in [4.69, 9.17) is 4.42 Å².